The molecule has 2 rings (SSSR count). The standard InChI is InChI=1S/C20H23NO2S/c1-5-6-14(2)11-18-13-24-20(21-16(18)4)23-19-9-7-17(8-10-19)12-15(3)22/h5-11H,12-13H2,1-4H3/b6-5-,14-11-. The number of carbonyl (C=O) groups excluding carboxylic acids is 1. The van der Waals surface area contributed by atoms with Gasteiger partial charge in [0.05, 0.1) is 0 Å². The average Bonchev–Trinajstić information content (AvgIpc) is 2.52. The lowest BCUT2D eigenvalue weighted by Crippen LogP contribution is -2.10. The number of rotatable bonds is 5. The van der Waals surface area contributed by atoms with Crippen LogP contribution in [0.15, 0.2) is 64.3 Å². The van der Waals surface area contributed by atoms with E-state index in [2.05, 4.69) is 24.1 Å². The molecule has 1 heterocycles. The van der Waals surface area contributed by atoms with E-state index in [9.17, 15) is 4.79 Å². The second-order valence-electron chi connectivity index (χ2n) is 5.79. The minimum Gasteiger partial charge on any atom is -0.434 e. The van der Waals surface area contributed by atoms with Gasteiger partial charge in [0.15, 0.2) is 0 Å². The predicted molar refractivity (Wildman–Crippen MR) is 103 cm³/mol. The highest BCUT2D eigenvalue weighted by Crippen LogP contribution is 2.26. The lowest BCUT2D eigenvalue weighted by Gasteiger charge is -2.15. The van der Waals surface area contributed by atoms with Crippen molar-refractivity contribution in [1.29, 1.82) is 0 Å². The molecule has 126 valence electrons. The molecule has 0 N–H and O–H groups in total. The molecular weight excluding hydrogens is 318 g/mol. The van der Waals surface area contributed by atoms with Crippen LogP contribution in [0.25, 0.3) is 0 Å². The van der Waals surface area contributed by atoms with Crippen molar-refractivity contribution in [2.24, 2.45) is 4.99 Å². The number of thioether (sulfide) groups is 1. The largest absolute Gasteiger partial charge is 0.434 e. The third-order valence-electron chi connectivity index (χ3n) is 3.49. The maximum atomic E-state index is 11.1. The van der Waals surface area contributed by atoms with Crippen molar-refractivity contribution in [1.82, 2.24) is 0 Å². The molecule has 1 aromatic carbocycles. The van der Waals surface area contributed by atoms with Crippen molar-refractivity contribution in [3.8, 4) is 5.75 Å². The summed E-state index contributed by atoms with van der Waals surface area (Å²) in [6.45, 7) is 7.70. The van der Waals surface area contributed by atoms with Crippen LogP contribution in [0.1, 0.15) is 33.3 Å². The summed E-state index contributed by atoms with van der Waals surface area (Å²) in [5.41, 5.74) is 4.42. The summed E-state index contributed by atoms with van der Waals surface area (Å²) >= 11 is 1.59. The Balaban J connectivity index is 2.07. The quantitative estimate of drug-likeness (QED) is 0.700. The lowest BCUT2D eigenvalue weighted by atomic mass is 10.1. The smallest absolute Gasteiger partial charge is 0.256 e. The van der Waals surface area contributed by atoms with Crippen LogP contribution < -0.4 is 4.74 Å². The van der Waals surface area contributed by atoms with Gasteiger partial charge in [0.1, 0.15) is 11.5 Å². The number of hydrogen-bond donors (Lipinski definition) is 0. The van der Waals surface area contributed by atoms with Crippen LogP contribution in [0.3, 0.4) is 0 Å². The van der Waals surface area contributed by atoms with E-state index in [1.165, 1.54) is 11.1 Å². The first kappa shape index (κ1) is 18.3. The number of ether oxygens (including phenoxy) is 1. The minimum atomic E-state index is 0.158. The third kappa shape index (κ3) is 5.53. The summed E-state index contributed by atoms with van der Waals surface area (Å²) in [4.78, 5) is 15.7. The van der Waals surface area contributed by atoms with Gasteiger partial charge in [-0.05, 0) is 51.0 Å². The van der Waals surface area contributed by atoms with Crippen LogP contribution in [-0.2, 0) is 11.2 Å². The molecule has 0 saturated carbocycles. The van der Waals surface area contributed by atoms with Gasteiger partial charge in [0.25, 0.3) is 5.23 Å². The van der Waals surface area contributed by atoms with Gasteiger partial charge >= 0.3 is 0 Å². The van der Waals surface area contributed by atoms with Gasteiger partial charge in [-0.3, -0.25) is 4.79 Å². The summed E-state index contributed by atoms with van der Waals surface area (Å²) in [6, 6.07) is 7.60. The van der Waals surface area contributed by atoms with Gasteiger partial charge in [-0.2, -0.15) is 0 Å². The zero-order valence-corrected chi connectivity index (χ0v) is 15.4. The molecule has 0 aromatic heterocycles. The van der Waals surface area contributed by atoms with Crippen molar-refractivity contribution in [2.45, 2.75) is 34.1 Å². The first-order chi connectivity index (χ1) is 11.5. The molecule has 0 bridgehead atoms. The molecule has 0 fully saturated rings. The van der Waals surface area contributed by atoms with Gasteiger partial charge in [-0.15, -0.1) is 0 Å². The molecule has 24 heavy (non-hydrogen) atoms. The normalized spacial score (nSPS) is 15.7. The van der Waals surface area contributed by atoms with Crippen LogP contribution in [0.4, 0.5) is 0 Å². The fourth-order valence-corrected chi connectivity index (χ4v) is 3.26. The van der Waals surface area contributed by atoms with Crippen molar-refractivity contribution in [2.75, 3.05) is 5.75 Å². The van der Waals surface area contributed by atoms with Crippen molar-refractivity contribution in [3.05, 3.63) is 64.9 Å². The predicted octanol–water partition coefficient (Wildman–Crippen LogP) is 5.10. The number of Topliss-reactive ketones (excluding diaryl/α,β-unsaturated/α-hetero) is 1. The molecule has 1 aliphatic rings. The van der Waals surface area contributed by atoms with Crippen LogP contribution in [0.2, 0.25) is 0 Å². The van der Waals surface area contributed by atoms with Crippen LogP contribution in [0.5, 0.6) is 5.75 Å². The van der Waals surface area contributed by atoms with E-state index < -0.39 is 0 Å². The van der Waals surface area contributed by atoms with E-state index in [4.69, 9.17) is 4.74 Å². The highest BCUT2D eigenvalue weighted by Gasteiger charge is 2.13. The number of allylic oxidation sites excluding steroid dienone is 5. The monoisotopic (exact) mass is 341 g/mol. The minimum absolute atomic E-state index is 0.158. The summed E-state index contributed by atoms with van der Waals surface area (Å²) in [5, 5.41) is 0.660. The summed E-state index contributed by atoms with van der Waals surface area (Å²) in [5.74, 6) is 1.75. The van der Waals surface area contributed by atoms with E-state index in [0.29, 0.717) is 11.7 Å². The SMILES string of the molecule is C/C=C\C(C)=C/C1=C(C)N=C(Oc2ccc(CC(C)=O)cc2)SC1. The molecule has 4 heteroatoms. The second kappa shape index (κ2) is 8.69. The lowest BCUT2D eigenvalue weighted by molar-refractivity contribution is -0.116. The molecule has 0 unspecified atom stereocenters. The van der Waals surface area contributed by atoms with E-state index >= 15 is 0 Å². The summed E-state index contributed by atoms with van der Waals surface area (Å²) in [6.07, 6.45) is 6.74. The van der Waals surface area contributed by atoms with Crippen molar-refractivity contribution >= 4 is 22.8 Å². The highest BCUT2D eigenvalue weighted by atomic mass is 32.2. The Labute approximate surface area is 148 Å². The number of ketones is 1. The van der Waals surface area contributed by atoms with Gasteiger partial charge in [0, 0.05) is 17.9 Å². The molecule has 1 aromatic rings. The number of carbonyl (C=O) groups is 1. The second-order valence-corrected chi connectivity index (χ2v) is 6.72. The Hall–Kier alpha value is -2.07. The van der Waals surface area contributed by atoms with Gasteiger partial charge < -0.3 is 4.74 Å². The van der Waals surface area contributed by atoms with E-state index in [0.717, 1.165) is 22.8 Å². The van der Waals surface area contributed by atoms with Crippen LogP contribution >= 0.6 is 11.8 Å². The Morgan fingerprint density at radius 2 is 2.00 bits per heavy atom. The zero-order valence-electron chi connectivity index (χ0n) is 14.6. The molecule has 1 aliphatic heterocycles. The Kier molecular flexibility index (Phi) is 6.62. The highest BCUT2D eigenvalue weighted by molar-refractivity contribution is 8.13. The maximum absolute atomic E-state index is 11.1. The Morgan fingerprint density at radius 3 is 2.58 bits per heavy atom. The van der Waals surface area contributed by atoms with E-state index in [1.54, 1.807) is 18.7 Å². The molecule has 0 spiro atoms. The number of aliphatic imine (C=N–C) groups is 1. The van der Waals surface area contributed by atoms with Crippen molar-refractivity contribution < 1.29 is 9.53 Å². The molecule has 0 amide bonds. The number of nitrogens with zero attached hydrogens (tertiary/aromatic N) is 1. The summed E-state index contributed by atoms with van der Waals surface area (Å²) < 4.78 is 5.85. The molecule has 0 radical (unpaired) electrons. The third-order valence-corrected chi connectivity index (χ3v) is 4.36. The Morgan fingerprint density at radius 1 is 1.29 bits per heavy atom. The fraction of sp³-hybridized carbons (Fsp3) is 0.300. The van der Waals surface area contributed by atoms with Crippen LogP contribution in [-0.4, -0.2) is 16.8 Å². The number of hydrogen-bond acceptors (Lipinski definition) is 4. The van der Waals surface area contributed by atoms with Gasteiger partial charge in [-0.1, -0.05) is 47.7 Å². The molecule has 0 aliphatic carbocycles. The maximum Gasteiger partial charge on any atom is 0.256 e. The first-order valence-corrected chi connectivity index (χ1v) is 8.95. The van der Waals surface area contributed by atoms with E-state index in [-0.39, 0.29) is 5.78 Å². The van der Waals surface area contributed by atoms with E-state index in [1.807, 2.05) is 44.2 Å². The number of benzene rings is 1. The first-order valence-electron chi connectivity index (χ1n) is 7.96. The Bertz CT molecular complexity index is 725. The topological polar surface area (TPSA) is 38.7 Å². The fourth-order valence-electron chi connectivity index (χ4n) is 2.33. The van der Waals surface area contributed by atoms with Crippen LogP contribution in [0, 0.1) is 0 Å². The van der Waals surface area contributed by atoms with Crippen molar-refractivity contribution in [3.63, 3.8) is 0 Å². The van der Waals surface area contributed by atoms with Gasteiger partial charge in [0.2, 0.25) is 0 Å². The molecule has 0 atom stereocenters. The molecule has 0 saturated heterocycles. The van der Waals surface area contributed by atoms with Gasteiger partial charge in [-0.25, -0.2) is 4.99 Å². The molecular formula is C20H23NO2S. The summed E-state index contributed by atoms with van der Waals surface area (Å²) in [7, 11) is 0. The average molecular weight is 341 g/mol. The molecule has 3 nitrogen and oxygen atoms in total. The zero-order chi connectivity index (χ0) is 17.5.